The lowest BCUT2D eigenvalue weighted by atomic mass is 10.0. The molecule has 1 aliphatic heterocycles. The predicted octanol–water partition coefficient (Wildman–Crippen LogP) is 3.27. The summed E-state index contributed by atoms with van der Waals surface area (Å²) in [6.07, 6.45) is 3.46. The van der Waals surface area contributed by atoms with Crippen LogP contribution < -0.4 is 15.8 Å². The average molecular weight is 450 g/mol. The largest absolute Gasteiger partial charge is 0.489 e. The van der Waals surface area contributed by atoms with Gasteiger partial charge in [-0.3, -0.25) is 9.59 Å². The zero-order chi connectivity index (χ0) is 23.4. The van der Waals surface area contributed by atoms with Crippen molar-refractivity contribution in [3.8, 4) is 5.75 Å². The van der Waals surface area contributed by atoms with E-state index in [4.69, 9.17) is 14.9 Å². The Morgan fingerprint density at radius 1 is 1.18 bits per heavy atom. The Hall–Kier alpha value is -3.32. The zero-order valence-electron chi connectivity index (χ0n) is 19.1. The van der Waals surface area contributed by atoms with E-state index in [-0.39, 0.29) is 24.0 Å². The molecule has 1 fully saturated rings. The minimum absolute atomic E-state index is 0.0755. The second-order valence-corrected chi connectivity index (χ2v) is 8.65. The van der Waals surface area contributed by atoms with Gasteiger partial charge < -0.3 is 25.1 Å². The number of carbonyl (C=O) groups is 2. The van der Waals surface area contributed by atoms with Crippen molar-refractivity contribution in [2.24, 2.45) is 5.73 Å². The summed E-state index contributed by atoms with van der Waals surface area (Å²) in [7, 11) is 0. The molecule has 1 aliphatic rings. The highest BCUT2D eigenvalue weighted by molar-refractivity contribution is 5.90. The lowest BCUT2D eigenvalue weighted by Gasteiger charge is -2.29. The van der Waals surface area contributed by atoms with Gasteiger partial charge in [-0.1, -0.05) is 43.3 Å². The summed E-state index contributed by atoms with van der Waals surface area (Å²) in [4.78, 5) is 27.6. The first-order valence-electron chi connectivity index (χ1n) is 11.5. The van der Waals surface area contributed by atoms with E-state index >= 15 is 0 Å². The van der Waals surface area contributed by atoms with Crippen LogP contribution in [0.2, 0.25) is 0 Å². The number of likely N-dealkylation sites (tertiary alicyclic amines) is 1. The van der Waals surface area contributed by atoms with Crippen LogP contribution in [0.15, 0.2) is 65.3 Å². The molecule has 0 unspecified atom stereocenters. The second kappa shape index (κ2) is 10.1. The minimum atomic E-state index is -0.673. The average Bonchev–Trinajstić information content (AvgIpc) is 3.41. The summed E-state index contributed by atoms with van der Waals surface area (Å²) >= 11 is 0. The highest BCUT2D eigenvalue weighted by Crippen LogP contribution is 2.29. The molecule has 0 saturated carbocycles. The molecule has 1 aromatic heterocycles. The van der Waals surface area contributed by atoms with Crippen molar-refractivity contribution in [2.75, 3.05) is 6.54 Å². The van der Waals surface area contributed by atoms with Crippen LogP contribution >= 0.6 is 0 Å². The number of hydrogen-bond acceptors (Lipinski definition) is 5. The van der Waals surface area contributed by atoms with E-state index in [1.54, 1.807) is 13.2 Å². The normalized spacial score (nSPS) is 19.9. The number of rotatable bonds is 8. The maximum absolute atomic E-state index is 13.5. The molecule has 7 nitrogen and oxygen atoms in total. The Labute approximate surface area is 193 Å². The SMILES string of the molecule is CC[C@H](NC(=O)[C@H](C)N)C(=O)N1C[C@@H](Oc2ccccc2)C[C@H]1Cc1coc2ccccc12. The molecule has 0 radical (unpaired) electrons. The molecule has 4 rings (SSSR count). The van der Waals surface area contributed by atoms with Crippen LogP contribution in [-0.4, -0.2) is 47.5 Å². The number of fused-ring (bicyclic) bond motifs is 1. The van der Waals surface area contributed by atoms with Crippen molar-refractivity contribution in [2.45, 2.75) is 57.3 Å². The van der Waals surface area contributed by atoms with Gasteiger partial charge >= 0.3 is 0 Å². The summed E-state index contributed by atoms with van der Waals surface area (Å²) in [5.41, 5.74) is 7.59. The molecule has 2 heterocycles. The predicted molar refractivity (Wildman–Crippen MR) is 127 cm³/mol. The van der Waals surface area contributed by atoms with Crippen molar-refractivity contribution >= 4 is 22.8 Å². The molecular formula is C26H31N3O4. The molecule has 3 N–H and O–H groups in total. The molecule has 1 saturated heterocycles. The summed E-state index contributed by atoms with van der Waals surface area (Å²) < 4.78 is 11.9. The number of furan rings is 1. The van der Waals surface area contributed by atoms with Gasteiger partial charge in [0.05, 0.1) is 18.8 Å². The summed E-state index contributed by atoms with van der Waals surface area (Å²) in [6.45, 7) is 3.95. The van der Waals surface area contributed by atoms with Gasteiger partial charge in [0.1, 0.15) is 23.5 Å². The number of para-hydroxylation sites is 2. The van der Waals surface area contributed by atoms with Crippen LogP contribution in [0.25, 0.3) is 11.0 Å². The van der Waals surface area contributed by atoms with Crippen LogP contribution in [0.1, 0.15) is 32.3 Å². The van der Waals surface area contributed by atoms with Crippen molar-refractivity contribution in [3.05, 3.63) is 66.4 Å². The van der Waals surface area contributed by atoms with E-state index in [2.05, 4.69) is 5.32 Å². The third-order valence-corrected chi connectivity index (χ3v) is 6.16. The van der Waals surface area contributed by atoms with E-state index in [1.807, 2.05) is 66.4 Å². The van der Waals surface area contributed by atoms with Gasteiger partial charge in [-0.25, -0.2) is 0 Å². The fourth-order valence-electron chi connectivity index (χ4n) is 4.40. The molecule has 4 atom stereocenters. The molecule has 7 heteroatoms. The molecule has 0 aliphatic carbocycles. The topological polar surface area (TPSA) is 97.8 Å². The Morgan fingerprint density at radius 2 is 1.91 bits per heavy atom. The van der Waals surface area contributed by atoms with Crippen LogP contribution in [0.5, 0.6) is 5.75 Å². The van der Waals surface area contributed by atoms with Crippen molar-refractivity contribution in [3.63, 3.8) is 0 Å². The third kappa shape index (κ3) is 5.20. The maximum Gasteiger partial charge on any atom is 0.245 e. The molecule has 174 valence electrons. The maximum atomic E-state index is 13.5. The van der Waals surface area contributed by atoms with E-state index in [1.165, 1.54) is 0 Å². The number of ether oxygens (including phenoxy) is 1. The zero-order valence-corrected chi connectivity index (χ0v) is 19.1. The Morgan fingerprint density at radius 3 is 2.64 bits per heavy atom. The smallest absolute Gasteiger partial charge is 0.245 e. The number of amides is 2. The summed E-state index contributed by atoms with van der Waals surface area (Å²) in [5.74, 6) is 0.342. The monoisotopic (exact) mass is 449 g/mol. The number of benzene rings is 2. The highest BCUT2D eigenvalue weighted by Gasteiger charge is 2.39. The van der Waals surface area contributed by atoms with E-state index in [0.29, 0.717) is 25.8 Å². The van der Waals surface area contributed by atoms with Crippen molar-refractivity contribution in [1.29, 1.82) is 0 Å². The van der Waals surface area contributed by atoms with Gasteiger partial charge in [0.2, 0.25) is 11.8 Å². The fourth-order valence-corrected chi connectivity index (χ4v) is 4.40. The van der Waals surface area contributed by atoms with Gasteiger partial charge in [0.15, 0.2) is 0 Å². The van der Waals surface area contributed by atoms with Gasteiger partial charge in [-0.05, 0) is 38.0 Å². The first-order chi connectivity index (χ1) is 16.0. The van der Waals surface area contributed by atoms with Gasteiger partial charge in [-0.2, -0.15) is 0 Å². The number of hydrogen-bond donors (Lipinski definition) is 2. The van der Waals surface area contributed by atoms with Gasteiger partial charge in [-0.15, -0.1) is 0 Å². The van der Waals surface area contributed by atoms with Crippen LogP contribution in [0, 0.1) is 0 Å². The molecule has 3 aromatic rings. The molecule has 0 bridgehead atoms. The van der Waals surface area contributed by atoms with Crippen molar-refractivity contribution < 1.29 is 18.7 Å². The second-order valence-electron chi connectivity index (χ2n) is 8.65. The van der Waals surface area contributed by atoms with E-state index < -0.39 is 12.1 Å². The standard InChI is InChI=1S/C26H31N3O4/c1-3-23(28-25(30)17(2)27)26(31)29-15-21(33-20-9-5-4-6-10-20)14-19(29)13-18-16-32-24-12-8-7-11-22(18)24/h4-12,16-17,19,21,23H,3,13-15,27H2,1-2H3,(H,28,30)/t17-,19+,21-,23-/m0/s1. The third-order valence-electron chi connectivity index (χ3n) is 6.16. The summed E-state index contributed by atoms with van der Waals surface area (Å²) in [6, 6.07) is 16.2. The lowest BCUT2D eigenvalue weighted by molar-refractivity contribution is -0.137. The quantitative estimate of drug-likeness (QED) is 0.550. The molecule has 0 spiro atoms. The molecular weight excluding hydrogens is 418 g/mol. The number of nitrogens with zero attached hydrogens (tertiary/aromatic N) is 1. The minimum Gasteiger partial charge on any atom is -0.489 e. The fraction of sp³-hybridized carbons (Fsp3) is 0.385. The van der Waals surface area contributed by atoms with E-state index in [0.717, 1.165) is 22.3 Å². The van der Waals surface area contributed by atoms with E-state index in [9.17, 15) is 9.59 Å². The Kier molecular flexibility index (Phi) is 6.99. The summed E-state index contributed by atoms with van der Waals surface area (Å²) in [5, 5.41) is 3.85. The van der Waals surface area contributed by atoms with Gasteiger partial charge in [0, 0.05) is 23.4 Å². The van der Waals surface area contributed by atoms with Crippen LogP contribution in [0.3, 0.4) is 0 Å². The van der Waals surface area contributed by atoms with Gasteiger partial charge in [0.25, 0.3) is 0 Å². The van der Waals surface area contributed by atoms with Crippen molar-refractivity contribution in [1.82, 2.24) is 10.2 Å². The number of nitrogens with two attached hydrogens (primary N) is 1. The number of carbonyl (C=O) groups excluding carboxylic acids is 2. The number of nitrogens with one attached hydrogen (secondary N) is 1. The highest BCUT2D eigenvalue weighted by atomic mass is 16.5. The first-order valence-corrected chi connectivity index (χ1v) is 11.5. The first kappa shape index (κ1) is 22.9. The molecule has 2 aromatic carbocycles. The Balaban J connectivity index is 1.56. The molecule has 2 amide bonds. The molecule has 33 heavy (non-hydrogen) atoms. The lowest BCUT2D eigenvalue weighted by Crippen LogP contribution is -2.53. The van der Waals surface area contributed by atoms with Crippen LogP contribution in [-0.2, 0) is 16.0 Å². The Bertz CT molecular complexity index is 1100. The van der Waals surface area contributed by atoms with Crippen LogP contribution in [0.4, 0.5) is 0 Å².